The molecule has 0 saturated carbocycles. The molecule has 0 amide bonds. The summed E-state index contributed by atoms with van der Waals surface area (Å²) in [5.74, 6) is 0.965. The van der Waals surface area contributed by atoms with Crippen LogP contribution in [0.3, 0.4) is 0 Å². The molecule has 0 bridgehead atoms. The molecule has 1 saturated heterocycles. The van der Waals surface area contributed by atoms with Gasteiger partial charge in [-0.3, -0.25) is 14.8 Å². The maximum absolute atomic E-state index is 5.41. The van der Waals surface area contributed by atoms with Gasteiger partial charge in [-0.25, -0.2) is 0 Å². The monoisotopic (exact) mass is 343 g/mol. The van der Waals surface area contributed by atoms with Crippen LogP contribution in [0.15, 0.2) is 47.6 Å². The van der Waals surface area contributed by atoms with Gasteiger partial charge < -0.3 is 4.74 Å². The summed E-state index contributed by atoms with van der Waals surface area (Å²) >= 11 is 1.74. The van der Waals surface area contributed by atoms with E-state index in [0.29, 0.717) is 0 Å². The molecule has 5 heteroatoms. The highest BCUT2D eigenvalue weighted by atomic mass is 32.2. The minimum absolute atomic E-state index is 0.965. The molecule has 0 N–H and O–H groups in total. The highest BCUT2D eigenvalue weighted by Gasteiger charge is 2.17. The highest BCUT2D eigenvalue weighted by molar-refractivity contribution is 7.98. The molecular weight excluding hydrogens is 318 g/mol. The average molecular weight is 343 g/mol. The van der Waals surface area contributed by atoms with E-state index in [-0.39, 0.29) is 0 Å². The number of pyridine rings is 1. The van der Waals surface area contributed by atoms with Crippen molar-refractivity contribution in [1.82, 2.24) is 14.8 Å². The van der Waals surface area contributed by atoms with Crippen molar-refractivity contribution in [3.05, 3.63) is 53.9 Å². The van der Waals surface area contributed by atoms with Crippen LogP contribution in [0.5, 0.6) is 5.75 Å². The van der Waals surface area contributed by atoms with Crippen molar-refractivity contribution >= 4 is 11.8 Å². The summed E-state index contributed by atoms with van der Waals surface area (Å²) in [4.78, 5) is 10.5. The van der Waals surface area contributed by atoms with Crippen LogP contribution in [0, 0.1) is 0 Å². The topological polar surface area (TPSA) is 28.6 Å². The normalized spacial score (nSPS) is 16.2. The lowest BCUT2D eigenvalue weighted by molar-refractivity contribution is 0.122. The number of rotatable bonds is 6. The SMILES string of the molecule is COc1ccc(CN2CCN(Cc3cccnc3)CC2)cc1SC. The van der Waals surface area contributed by atoms with Crippen molar-refractivity contribution in [2.45, 2.75) is 18.0 Å². The lowest BCUT2D eigenvalue weighted by Crippen LogP contribution is -2.45. The Morgan fingerprint density at radius 1 is 1.04 bits per heavy atom. The molecule has 1 aliphatic heterocycles. The first kappa shape index (κ1) is 17.3. The third-order valence-electron chi connectivity index (χ3n) is 4.45. The summed E-state index contributed by atoms with van der Waals surface area (Å²) < 4.78 is 5.41. The van der Waals surface area contributed by atoms with Crippen LogP contribution in [0.25, 0.3) is 0 Å². The number of hydrogen-bond donors (Lipinski definition) is 0. The molecule has 1 aliphatic rings. The van der Waals surface area contributed by atoms with Crippen LogP contribution in [0.2, 0.25) is 0 Å². The van der Waals surface area contributed by atoms with E-state index < -0.39 is 0 Å². The van der Waals surface area contributed by atoms with E-state index in [1.54, 1.807) is 18.9 Å². The van der Waals surface area contributed by atoms with Crippen LogP contribution >= 0.6 is 11.8 Å². The van der Waals surface area contributed by atoms with E-state index in [1.165, 1.54) is 16.0 Å². The first-order valence-electron chi connectivity index (χ1n) is 8.33. The van der Waals surface area contributed by atoms with E-state index in [0.717, 1.165) is 45.0 Å². The van der Waals surface area contributed by atoms with Crippen LogP contribution in [0.1, 0.15) is 11.1 Å². The minimum Gasteiger partial charge on any atom is -0.496 e. The standard InChI is InChI=1S/C19H25N3OS/c1-23-18-6-5-16(12-19(18)24-2)14-21-8-10-22(11-9-21)15-17-4-3-7-20-13-17/h3-7,12-13H,8-11,14-15H2,1-2H3. The van der Waals surface area contributed by atoms with E-state index in [4.69, 9.17) is 4.74 Å². The Labute approximate surface area is 148 Å². The smallest absolute Gasteiger partial charge is 0.132 e. The van der Waals surface area contributed by atoms with Gasteiger partial charge in [0.05, 0.1) is 7.11 Å². The molecule has 1 fully saturated rings. The number of ether oxygens (including phenoxy) is 1. The Balaban J connectivity index is 1.52. The van der Waals surface area contributed by atoms with Crippen LogP contribution in [-0.2, 0) is 13.1 Å². The predicted octanol–water partition coefficient (Wildman–Crippen LogP) is 3.13. The van der Waals surface area contributed by atoms with E-state index >= 15 is 0 Å². The van der Waals surface area contributed by atoms with Gasteiger partial charge in [-0.05, 0) is 35.6 Å². The van der Waals surface area contributed by atoms with Crippen LogP contribution in [-0.4, -0.2) is 54.3 Å². The summed E-state index contributed by atoms with van der Waals surface area (Å²) in [7, 11) is 1.73. The second-order valence-electron chi connectivity index (χ2n) is 6.10. The number of methoxy groups -OCH3 is 1. The van der Waals surface area contributed by atoms with Gasteiger partial charge in [0.25, 0.3) is 0 Å². The Hall–Kier alpha value is -1.56. The zero-order valence-electron chi connectivity index (χ0n) is 14.4. The molecular formula is C19H25N3OS. The number of nitrogens with zero attached hydrogens (tertiary/aromatic N) is 3. The molecule has 24 heavy (non-hydrogen) atoms. The predicted molar refractivity (Wildman–Crippen MR) is 99.6 cm³/mol. The van der Waals surface area contributed by atoms with Gasteiger partial charge in [-0.1, -0.05) is 12.1 Å². The number of piperazine rings is 1. The van der Waals surface area contributed by atoms with Crippen LogP contribution in [0.4, 0.5) is 0 Å². The first-order chi connectivity index (χ1) is 11.8. The fourth-order valence-electron chi connectivity index (χ4n) is 3.09. The molecule has 0 unspecified atom stereocenters. The molecule has 3 rings (SSSR count). The van der Waals surface area contributed by atoms with Crippen molar-refractivity contribution in [3.63, 3.8) is 0 Å². The maximum atomic E-state index is 5.41. The lowest BCUT2D eigenvalue weighted by Gasteiger charge is -2.34. The molecule has 1 aromatic heterocycles. The summed E-state index contributed by atoms with van der Waals surface area (Å²) in [6, 6.07) is 10.7. The zero-order chi connectivity index (χ0) is 16.8. The molecule has 0 radical (unpaired) electrons. The van der Waals surface area contributed by atoms with Crippen molar-refractivity contribution < 1.29 is 4.74 Å². The molecule has 4 nitrogen and oxygen atoms in total. The molecule has 128 valence electrons. The van der Waals surface area contributed by atoms with Crippen molar-refractivity contribution in [1.29, 1.82) is 0 Å². The Kier molecular flexibility index (Phi) is 6.12. The average Bonchev–Trinajstić information content (AvgIpc) is 2.64. The van der Waals surface area contributed by atoms with Gasteiger partial charge in [-0.15, -0.1) is 11.8 Å². The van der Waals surface area contributed by atoms with Crippen molar-refractivity contribution in [2.75, 3.05) is 39.5 Å². The van der Waals surface area contributed by atoms with E-state index in [9.17, 15) is 0 Å². The molecule has 0 aliphatic carbocycles. The fourth-order valence-corrected chi connectivity index (χ4v) is 3.71. The van der Waals surface area contributed by atoms with Crippen molar-refractivity contribution in [3.8, 4) is 5.75 Å². The van der Waals surface area contributed by atoms with Crippen molar-refractivity contribution in [2.24, 2.45) is 0 Å². The molecule has 2 aromatic rings. The van der Waals surface area contributed by atoms with Gasteiger partial charge in [0, 0.05) is 56.6 Å². The second-order valence-corrected chi connectivity index (χ2v) is 6.95. The second kappa shape index (κ2) is 8.51. The van der Waals surface area contributed by atoms with Gasteiger partial charge >= 0.3 is 0 Å². The van der Waals surface area contributed by atoms with Gasteiger partial charge in [-0.2, -0.15) is 0 Å². The maximum Gasteiger partial charge on any atom is 0.132 e. The number of hydrogen-bond acceptors (Lipinski definition) is 5. The van der Waals surface area contributed by atoms with Gasteiger partial charge in [0.2, 0.25) is 0 Å². The first-order valence-corrected chi connectivity index (χ1v) is 9.55. The van der Waals surface area contributed by atoms with Gasteiger partial charge in [0.15, 0.2) is 0 Å². The zero-order valence-corrected chi connectivity index (χ0v) is 15.3. The largest absolute Gasteiger partial charge is 0.496 e. The minimum atomic E-state index is 0.965. The summed E-state index contributed by atoms with van der Waals surface area (Å²) in [5.41, 5.74) is 2.66. The molecule has 2 heterocycles. The Morgan fingerprint density at radius 3 is 2.33 bits per heavy atom. The Bertz CT molecular complexity index is 642. The number of thioether (sulfide) groups is 1. The third-order valence-corrected chi connectivity index (χ3v) is 5.21. The highest BCUT2D eigenvalue weighted by Crippen LogP contribution is 2.28. The Morgan fingerprint density at radius 2 is 1.75 bits per heavy atom. The number of benzene rings is 1. The van der Waals surface area contributed by atoms with Gasteiger partial charge in [0.1, 0.15) is 5.75 Å². The van der Waals surface area contributed by atoms with Crippen LogP contribution < -0.4 is 4.74 Å². The fraction of sp³-hybridized carbons (Fsp3) is 0.421. The molecule has 1 aromatic carbocycles. The summed E-state index contributed by atoms with van der Waals surface area (Å²) in [6.07, 6.45) is 5.89. The number of aromatic nitrogens is 1. The summed E-state index contributed by atoms with van der Waals surface area (Å²) in [6.45, 7) is 6.46. The molecule has 0 atom stereocenters. The van der Waals surface area contributed by atoms with E-state index in [1.807, 2.05) is 18.5 Å². The lowest BCUT2D eigenvalue weighted by atomic mass is 10.2. The quantitative estimate of drug-likeness (QED) is 0.752. The third kappa shape index (κ3) is 4.50. The summed E-state index contributed by atoms with van der Waals surface area (Å²) in [5, 5.41) is 0. The molecule has 0 spiro atoms. The van der Waals surface area contributed by atoms with E-state index in [2.05, 4.69) is 45.3 Å².